The van der Waals surface area contributed by atoms with Gasteiger partial charge in [-0.1, -0.05) is 54.2 Å². The van der Waals surface area contributed by atoms with Gasteiger partial charge in [-0.3, -0.25) is 4.79 Å². The van der Waals surface area contributed by atoms with Crippen molar-refractivity contribution in [1.82, 2.24) is 10.3 Å². The molecular formula is C22H15FN3O3S-. The molecule has 3 rings (SSSR count). The minimum atomic E-state index is -1.39. The summed E-state index contributed by atoms with van der Waals surface area (Å²) in [6.45, 7) is -0.594. The molecule has 1 heterocycles. The Balaban J connectivity index is 2.02. The van der Waals surface area contributed by atoms with Crippen LogP contribution in [-0.4, -0.2) is 29.2 Å². The van der Waals surface area contributed by atoms with Crippen LogP contribution in [0.3, 0.4) is 0 Å². The number of aliphatic carboxylic acids is 1. The standard InChI is InChI=1S/C22H16FN3O3S/c23-16-8-6-14(7-9-16)17-10-19(15-4-2-1-3-5-15)26-22(18(17)11-24)30-13-20(27)25-12-21(28)29/h1-10H,12-13H2,(H,25,27)(H,28,29)/p-1. The van der Waals surface area contributed by atoms with Crippen LogP contribution in [0, 0.1) is 17.1 Å². The highest BCUT2D eigenvalue weighted by Crippen LogP contribution is 2.34. The molecule has 1 N–H and O–H groups in total. The van der Waals surface area contributed by atoms with Crippen molar-refractivity contribution in [2.45, 2.75) is 5.03 Å². The van der Waals surface area contributed by atoms with Gasteiger partial charge in [0, 0.05) is 11.1 Å². The van der Waals surface area contributed by atoms with E-state index < -0.39 is 24.2 Å². The largest absolute Gasteiger partial charge is 0.548 e. The molecule has 3 aromatic rings. The van der Waals surface area contributed by atoms with E-state index in [1.165, 1.54) is 12.1 Å². The Kier molecular flexibility index (Phi) is 6.78. The van der Waals surface area contributed by atoms with E-state index in [2.05, 4.69) is 16.4 Å². The number of halogens is 1. The molecule has 0 aliphatic carbocycles. The maximum absolute atomic E-state index is 13.4. The summed E-state index contributed by atoms with van der Waals surface area (Å²) in [6, 6.07) is 18.9. The van der Waals surface area contributed by atoms with Crippen LogP contribution in [0.4, 0.5) is 4.39 Å². The van der Waals surface area contributed by atoms with Crippen molar-refractivity contribution >= 4 is 23.6 Å². The third-order valence-electron chi connectivity index (χ3n) is 4.09. The van der Waals surface area contributed by atoms with Gasteiger partial charge in [-0.25, -0.2) is 9.37 Å². The Morgan fingerprint density at radius 3 is 2.43 bits per heavy atom. The van der Waals surface area contributed by atoms with E-state index in [-0.39, 0.29) is 11.3 Å². The number of carboxylic acid groups (broad SMARTS) is 1. The van der Waals surface area contributed by atoms with E-state index in [1.807, 2.05) is 30.3 Å². The van der Waals surface area contributed by atoms with Crippen molar-refractivity contribution in [2.75, 3.05) is 12.3 Å². The number of nitrogens with one attached hydrogen (secondary N) is 1. The number of nitrogens with zero attached hydrogens (tertiary/aromatic N) is 2. The second kappa shape index (κ2) is 9.67. The highest BCUT2D eigenvalue weighted by Gasteiger charge is 2.17. The van der Waals surface area contributed by atoms with Crippen LogP contribution in [-0.2, 0) is 9.59 Å². The van der Waals surface area contributed by atoms with Crippen LogP contribution < -0.4 is 10.4 Å². The fraction of sp³-hybridized carbons (Fsp3) is 0.0909. The van der Waals surface area contributed by atoms with Crippen molar-refractivity contribution in [2.24, 2.45) is 0 Å². The van der Waals surface area contributed by atoms with Gasteiger partial charge < -0.3 is 15.2 Å². The Bertz CT molecular complexity index is 1110. The first-order valence-corrected chi connectivity index (χ1v) is 9.82. The van der Waals surface area contributed by atoms with Gasteiger partial charge in [0.05, 0.1) is 29.5 Å². The summed E-state index contributed by atoms with van der Waals surface area (Å²) in [4.78, 5) is 26.9. The first-order valence-electron chi connectivity index (χ1n) is 8.84. The molecule has 6 nitrogen and oxygen atoms in total. The monoisotopic (exact) mass is 420 g/mol. The lowest BCUT2D eigenvalue weighted by molar-refractivity contribution is -0.303. The molecule has 0 radical (unpaired) electrons. The van der Waals surface area contributed by atoms with Gasteiger partial charge >= 0.3 is 0 Å². The minimum absolute atomic E-state index is 0.129. The van der Waals surface area contributed by atoms with Gasteiger partial charge in [0.1, 0.15) is 16.9 Å². The highest BCUT2D eigenvalue weighted by atomic mass is 32.2. The van der Waals surface area contributed by atoms with Gasteiger partial charge in [-0.2, -0.15) is 5.26 Å². The molecule has 0 atom stereocenters. The van der Waals surface area contributed by atoms with Crippen LogP contribution in [0.2, 0.25) is 0 Å². The van der Waals surface area contributed by atoms with Crippen molar-refractivity contribution in [3.05, 3.63) is 72.0 Å². The van der Waals surface area contributed by atoms with Crippen molar-refractivity contribution in [1.29, 1.82) is 5.26 Å². The number of carbonyl (C=O) groups excluding carboxylic acids is 2. The molecule has 0 aliphatic heterocycles. The molecule has 0 aliphatic rings. The molecule has 0 unspecified atom stereocenters. The molecule has 0 spiro atoms. The third kappa shape index (κ3) is 5.21. The van der Waals surface area contributed by atoms with Crippen LogP contribution >= 0.6 is 11.8 Å². The summed E-state index contributed by atoms with van der Waals surface area (Å²) in [7, 11) is 0. The van der Waals surface area contributed by atoms with E-state index >= 15 is 0 Å². The summed E-state index contributed by atoms with van der Waals surface area (Å²) < 4.78 is 13.4. The summed E-state index contributed by atoms with van der Waals surface area (Å²) >= 11 is 1.02. The van der Waals surface area contributed by atoms with Crippen LogP contribution in [0.5, 0.6) is 0 Å². The van der Waals surface area contributed by atoms with Gasteiger partial charge in [0.2, 0.25) is 5.91 Å². The average Bonchev–Trinajstić information content (AvgIpc) is 2.76. The molecule has 30 heavy (non-hydrogen) atoms. The summed E-state index contributed by atoms with van der Waals surface area (Å²) in [5, 5.41) is 22.8. The molecule has 0 bridgehead atoms. The van der Waals surface area contributed by atoms with E-state index in [0.29, 0.717) is 21.8 Å². The molecule has 8 heteroatoms. The molecule has 2 aromatic carbocycles. The fourth-order valence-corrected chi connectivity index (χ4v) is 3.54. The number of aromatic nitrogens is 1. The highest BCUT2D eigenvalue weighted by molar-refractivity contribution is 8.00. The van der Waals surface area contributed by atoms with Gasteiger partial charge in [-0.05, 0) is 23.8 Å². The quantitative estimate of drug-likeness (QED) is 0.589. The number of hydrogen-bond acceptors (Lipinski definition) is 6. The Morgan fingerprint density at radius 2 is 1.80 bits per heavy atom. The number of amides is 1. The number of carbonyl (C=O) groups is 2. The van der Waals surface area contributed by atoms with Crippen LogP contribution in [0.1, 0.15) is 5.56 Å². The molecule has 1 aromatic heterocycles. The number of nitriles is 1. The zero-order chi connectivity index (χ0) is 21.5. The van der Waals surface area contributed by atoms with E-state index in [4.69, 9.17) is 0 Å². The number of hydrogen-bond donors (Lipinski definition) is 1. The molecule has 150 valence electrons. The normalized spacial score (nSPS) is 10.3. The fourth-order valence-electron chi connectivity index (χ4n) is 2.70. The van der Waals surface area contributed by atoms with Crippen molar-refractivity contribution in [3.8, 4) is 28.5 Å². The van der Waals surface area contributed by atoms with Crippen LogP contribution in [0.15, 0.2) is 65.7 Å². The zero-order valence-electron chi connectivity index (χ0n) is 15.6. The summed E-state index contributed by atoms with van der Waals surface area (Å²) in [5.41, 5.74) is 2.85. The second-order valence-corrected chi connectivity index (χ2v) is 7.12. The Morgan fingerprint density at radius 1 is 1.10 bits per heavy atom. The average molecular weight is 420 g/mol. The predicted octanol–water partition coefficient (Wildman–Crippen LogP) is 2.38. The van der Waals surface area contributed by atoms with Gasteiger partial charge in [-0.15, -0.1) is 0 Å². The van der Waals surface area contributed by atoms with Gasteiger partial charge in [0.15, 0.2) is 0 Å². The predicted molar refractivity (Wildman–Crippen MR) is 109 cm³/mol. The lowest BCUT2D eigenvalue weighted by Gasteiger charge is -2.13. The topological polar surface area (TPSA) is 106 Å². The lowest BCUT2D eigenvalue weighted by atomic mass is 9.99. The molecule has 0 saturated carbocycles. The number of carboxylic acids is 1. The maximum atomic E-state index is 13.4. The lowest BCUT2D eigenvalue weighted by Crippen LogP contribution is -2.38. The molecule has 0 fully saturated rings. The maximum Gasteiger partial charge on any atom is 0.230 e. The van der Waals surface area contributed by atoms with Crippen molar-refractivity contribution < 1.29 is 19.1 Å². The second-order valence-electron chi connectivity index (χ2n) is 6.16. The first-order chi connectivity index (χ1) is 14.5. The van der Waals surface area contributed by atoms with E-state index in [0.717, 1.165) is 17.3 Å². The molecule has 0 saturated heterocycles. The van der Waals surface area contributed by atoms with Crippen molar-refractivity contribution in [3.63, 3.8) is 0 Å². The number of thioether (sulfide) groups is 1. The SMILES string of the molecule is N#Cc1c(-c2ccc(F)cc2)cc(-c2ccccc2)nc1SCC(=O)NCC(=O)[O-]. The van der Waals surface area contributed by atoms with Crippen LogP contribution in [0.25, 0.3) is 22.4 Å². The molecular weight excluding hydrogens is 405 g/mol. The summed E-state index contributed by atoms with van der Waals surface area (Å²) in [5.74, 6) is -2.44. The van der Waals surface area contributed by atoms with Gasteiger partial charge in [0.25, 0.3) is 0 Å². The van der Waals surface area contributed by atoms with E-state index in [9.17, 15) is 24.3 Å². The third-order valence-corrected chi connectivity index (χ3v) is 5.07. The number of benzene rings is 2. The smallest absolute Gasteiger partial charge is 0.230 e. The number of pyridine rings is 1. The molecule has 1 amide bonds. The minimum Gasteiger partial charge on any atom is -0.548 e. The van der Waals surface area contributed by atoms with E-state index in [1.54, 1.807) is 18.2 Å². The summed E-state index contributed by atoms with van der Waals surface area (Å²) in [6.07, 6.45) is 0. The number of rotatable bonds is 7. The Labute approximate surface area is 176 Å². The Hall–Kier alpha value is -3.70. The first kappa shape index (κ1) is 21.0. The zero-order valence-corrected chi connectivity index (χ0v) is 16.4.